The molecule has 7 nitrogen and oxygen atoms in total. The largest absolute Gasteiger partial charge is 0.341 e. The lowest BCUT2D eigenvalue weighted by molar-refractivity contribution is -0.132. The second-order valence-electron chi connectivity index (χ2n) is 7.97. The molecular weight excluding hydrogens is 340 g/mol. The van der Waals surface area contributed by atoms with Gasteiger partial charge >= 0.3 is 0 Å². The zero-order valence-corrected chi connectivity index (χ0v) is 16.7. The molecule has 1 fully saturated rings. The first-order valence-corrected chi connectivity index (χ1v) is 10.4. The Labute approximate surface area is 162 Å². The topological polar surface area (TPSA) is 78.1 Å². The number of piperidine rings is 1. The summed E-state index contributed by atoms with van der Waals surface area (Å²) in [4.78, 5) is 16.8. The number of nitriles is 1. The number of amides is 1. The van der Waals surface area contributed by atoms with Crippen molar-refractivity contribution in [3.8, 4) is 6.07 Å². The van der Waals surface area contributed by atoms with Gasteiger partial charge in [0.15, 0.2) is 0 Å². The van der Waals surface area contributed by atoms with Gasteiger partial charge in [0.1, 0.15) is 11.6 Å². The molecule has 0 radical (unpaired) electrons. The average Bonchev–Trinajstić information content (AvgIpc) is 2.94. The van der Waals surface area contributed by atoms with Gasteiger partial charge in [-0.15, -0.1) is 10.2 Å². The summed E-state index contributed by atoms with van der Waals surface area (Å²) in [5.74, 6) is 2.61. The number of nitrogens with zero attached hydrogens (tertiary/aromatic N) is 6. The minimum atomic E-state index is -0.130. The van der Waals surface area contributed by atoms with Gasteiger partial charge in [-0.1, -0.05) is 6.42 Å². The van der Waals surface area contributed by atoms with E-state index < -0.39 is 0 Å². The molecule has 2 unspecified atom stereocenters. The summed E-state index contributed by atoms with van der Waals surface area (Å²) < 4.78 is 2.34. The maximum Gasteiger partial charge on any atom is 0.236 e. The van der Waals surface area contributed by atoms with Crippen molar-refractivity contribution < 1.29 is 4.79 Å². The maximum absolute atomic E-state index is 12.7. The minimum Gasteiger partial charge on any atom is -0.341 e. The van der Waals surface area contributed by atoms with Crippen LogP contribution in [-0.4, -0.2) is 63.2 Å². The van der Waals surface area contributed by atoms with Crippen LogP contribution in [0.25, 0.3) is 0 Å². The number of carbonyl (C=O) groups excluding carboxylic acids is 1. The van der Waals surface area contributed by atoms with Crippen molar-refractivity contribution in [1.82, 2.24) is 24.6 Å². The lowest BCUT2D eigenvalue weighted by Crippen LogP contribution is -2.45. The summed E-state index contributed by atoms with van der Waals surface area (Å²) in [6.07, 6.45) is 6.91. The Bertz CT molecular complexity index is 679. The number of likely N-dealkylation sites (tertiary alicyclic amines) is 1. The Balaban J connectivity index is 1.62. The highest BCUT2D eigenvalue weighted by Gasteiger charge is 2.29. The molecule has 7 heteroatoms. The number of likely N-dealkylation sites (N-methyl/N-ethyl adjacent to an activating group) is 1. The first-order valence-electron chi connectivity index (χ1n) is 10.4. The third-order valence-corrected chi connectivity index (χ3v) is 5.82. The van der Waals surface area contributed by atoms with Crippen molar-refractivity contribution in [2.24, 2.45) is 5.92 Å². The number of rotatable bonds is 6. The van der Waals surface area contributed by atoms with Crippen LogP contribution < -0.4 is 0 Å². The summed E-state index contributed by atoms with van der Waals surface area (Å²) in [5.41, 5.74) is 0. The van der Waals surface area contributed by atoms with E-state index in [1.54, 1.807) is 4.90 Å². The van der Waals surface area contributed by atoms with Crippen LogP contribution in [0, 0.1) is 17.2 Å². The van der Waals surface area contributed by atoms with Crippen molar-refractivity contribution in [3.63, 3.8) is 0 Å². The summed E-state index contributed by atoms with van der Waals surface area (Å²) in [6, 6.07) is 2.22. The molecule has 148 valence electrons. The highest BCUT2D eigenvalue weighted by molar-refractivity contribution is 5.78. The summed E-state index contributed by atoms with van der Waals surface area (Å²) >= 11 is 0. The third-order valence-electron chi connectivity index (χ3n) is 5.82. The summed E-state index contributed by atoms with van der Waals surface area (Å²) in [7, 11) is 0. The predicted molar refractivity (Wildman–Crippen MR) is 103 cm³/mol. The third kappa shape index (κ3) is 4.86. The van der Waals surface area contributed by atoms with Crippen molar-refractivity contribution in [2.45, 2.75) is 64.8 Å². The van der Waals surface area contributed by atoms with Crippen LogP contribution in [0.3, 0.4) is 0 Å². The normalized spacial score (nSPS) is 21.7. The molecule has 3 rings (SSSR count). The van der Waals surface area contributed by atoms with Gasteiger partial charge in [0.25, 0.3) is 0 Å². The molecule has 2 aliphatic heterocycles. The van der Waals surface area contributed by atoms with Gasteiger partial charge < -0.3 is 9.47 Å². The van der Waals surface area contributed by atoms with Gasteiger partial charge in [0.2, 0.25) is 5.91 Å². The second kappa shape index (κ2) is 9.32. The highest BCUT2D eigenvalue weighted by Crippen LogP contribution is 2.28. The van der Waals surface area contributed by atoms with Crippen LogP contribution in [0.2, 0.25) is 0 Å². The van der Waals surface area contributed by atoms with Crippen LogP contribution in [0.4, 0.5) is 0 Å². The molecule has 0 spiro atoms. The van der Waals surface area contributed by atoms with Gasteiger partial charge in [-0.05, 0) is 46.1 Å². The van der Waals surface area contributed by atoms with E-state index in [9.17, 15) is 4.79 Å². The molecule has 27 heavy (non-hydrogen) atoms. The first-order chi connectivity index (χ1) is 13.1. The number of hydrogen-bond donors (Lipinski definition) is 0. The monoisotopic (exact) mass is 372 g/mol. The molecule has 1 aromatic heterocycles. The number of aromatic nitrogens is 3. The molecule has 2 atom stereocenters. The fourth-order valence-electron chi connectivity index (χ4n) is 4.29. The second-order valence-corrected chi connectivity index (χ2v) is 7.97. The fraction of sp³-hybridized carbons (Fsp3) is 0.800. The lowest BCUT2D eigenvalue weighted by atomic mass is 9.97. The Morgan fingerprint density at radius 1 is 1.30 bits per heavy atom. The Kier molecular flexibility index (Phi) is 6.84. The number of fused-ring (bicyclic) bond motifs is 1. The zero-order valence-electron chi connectivity index (χ0n) is 16.7. The molecule has 1 saturated heterocycles. The molecular formula is C20H32N6O. The van der Waals surface area contributed by atoms with Crippen molar-refractivity contribution in [1.29, 1.82) is 5.26 Å². The Morgan fingerprint density at radius 2 is 2.15 bits per heavy atom. The summed E-state index contributed by atoms with van der Waals surface area (Å²) in [5, 5.41) is 18.0. The van der Waals surface area contributed by atoms with Crippen LogP contribution in [-0.2, 0) is 17.8 Å². The van der Waals surface area contributed by atoms with E-state index in [2.05, 4.69) is 25.7 Å². The molecule has 0 N–H and O–H groups in total. The van der Waals surface area contributed by atoms with Crippen molar-refractivity contribution >= 4 is 5.91 Å². The van der Waals surface area contributed by atoms with E-state index in [-0.39, 0.29) is 11.8 Å². The Hall–Kier alpha value is -1.94. The van der Waals surface area contributed by atoms with E-state index in [0.717, 1.165) is 50.5 Å². The van der Waals surface area contributed by atoms with Crippen molar-refractivity contribution in [3.05, 3.63) is 11.6 Å². The van der Waals surface area contributed by atoms with Gasteiger partial charge in [-0.3, -0.25) is 9.69 Å². The van der Waals surface area contributed by atoms with Crippen LogP contribution in [0.5, 0.6) is 0 Å². The van der Waals surface area contributed by atoms with E-state index in [1.165, 1.54) is 19.3 Å². The quantitative estimate of drug-likeness (QED) is 0.765. The molecule has 0 aliphatic carbocycles. The SMILES string of the molecule is CCN(CC(C)C#N)C(=O)CN1CCCC(c2nnc3n2CCCCC3)C1. The van der Waals surface area contributed by atoms with Gasteiger partial charge in [-0.2, -0.15) is 5.26 Å². The first kappa shape index (κ1) is 19.8. The fourth-order valence-corrected chi connectivity index (χ4v) is 4.29. The standard InChI is InChI=1S/C20H32N6O/c1-3-25(13-16(2)12-21)19(27)15-24-10-7-8-17(14-24)20-23-22-18-9-5-4-6-11-26(18)20/h16-17H,3-11,13-15H2,1-2H3. The van der Waals surface area contributed by atoms with Crippen LogP contribution in [0.1, 0.15) is 63.5 Å². The molecule has 1 amide bonds. The van der Waals surface area contributed by atoms with Crippen molar-refractivity contribution in [2.75, 3.05) is 32.7 Å². The molecule has 0 aromatic carbocycles. The van der Waals surface area contributed by atoms with E-state index >= 15 is 0 Å². The van der Waals surface area contributed by atoms with E-state index in [1.807, 2.05) is 13.8 Å². The predicted octanol–water partition coefficient (Wildman–Crippen LogP) is 2.19. The van der Waals surface area contributed by atoms with Gasteiger partial charge in [-0.25, -0.2) is 0 Å². The van der Waals surface area contributed by atoms with E-state index in [0.29, 0.717) is 25.6 Å². The number of aryl methyl sites for hydroxylation is 1. The van der Waals surface area contributed by atoms with Gasteiger partial charge in [0, 0.05) is 38.5 Å². The molecule has 0 bridgehead atoms. The highest BCUT2D eigenvalue weighted by atomic mass is 16.2. The molecule has 0 saturated carbocycles. The molecule has 2 aliphatic rings. The minimum absolute atomic E-state index is 0.125. The van der Waals surface area contributed by atoms with Gasteiger partial charge in [0.05, 0.1) is 18.5 Å². The maximum atomic E-state index is 12.7. The zero-order chi connectivity index (χ0) is 19.2. The summed E-state index contributed by atoms with van der Waals surface area (Å²) in [6.45, 7) is 8.30. The smallest absolute Gasteiger partial charge is 0.236 e. The number of hydrogen-bond acceptors (Lipinski definition) is 5. The number of carbonyl (C=O) groups is 1. The lowest BCUT2D eigenvalue weighted by Gasteiger charge is -2.33. The average molecular weight is 373 g/mol. The molecule has 3 heterocycles. The molecule has 1 aromatic rings. The van der Waals surface area contributed by atoms with E-state index in [4.69, 9.17) is 5.26 Å². The van der Waals surface area contributed by atoms with Crippen LogP contribution >= 0.6 is 0 Å². The van der Waals surface area contributed by atoms with Crippen LogP contribution in [0.15, 0.2) is 0 Å². The Morgan fingerprint density at radius 3 is 2.93 bits per heavy atom.